The van der Waals surface area contributed by atoms with Crippen LogP contribution in [0.1, 0.15) is 28.4 Å². The van der Waals surface area contributed by atoms with E-state index in [1.54, 1.807) is 6.07 Å². The van der Waals surface area contributed by atoms with Crippen molar-refractivity contribution in [3.63, 3.8) is 0 Å². The van der Waals surface area contributed by atoms with Gasteiger partial charge in [-0.2, -0.15) is 0 Å². The van der Waals surface area contributed by atoms with Gasteiger partial charge in [-0.15, -0.1) is 5.06 Å². The molecule has 1 aliphatic rings. The fourth-order valence-corrected chi connectivity index (χ4v) is 3.92. The second kappa shape index (κ2) is 8.87. The average molecular weight is 461 g/mol. The molecule has 0 radical (unpaired) electrons. The molecule has 0 aliphatic carbocycles. The summed E-state index contributed by atoms with van der Waals surface area (Å²) in [6.45, 7) is 1.02. The Morgan fingerprint density at radius 3 is 2.29 bits per heavy atom. The summed E-state index contributed by atoms with van der Waals surface area (Å²) in [7, 11) is 0. The molecule has 0 saturated carbocycles. The van der Waals surface area contributed by atoms with Crippen LogP contribution < -0.4 is 10.6 Å². The summed E-state index contributed by atoms with van der Waals surface area (Å²) < 4.78 is 13.2. The lowest BCUT2D eigenvalue weighted by molar-refractivity contribution is -0.168. The van der Waals surface area contributed by atoms with E-state index in [1.165, 1.54) is 36.4 Å². The van der Waals surface area contributed by atoms with Gasteiger partial charge in [0.25, 0.3) is 17.7 Å². The van der Waals surface area contributed by atoms with Crippen molar-refractivity contribution < 1.29 is 28.8 Å². The topological polar surface area (TPSA) is 116 Å². The number of carbonyl (C=O) groups excluding carboxylic acids is 4. The van der Waals surface area contributed by atoms with Crippen LogP contribution in [0.15, 0.2) is 72.8 Å². The van der Waals surface area contributed by atoms with Crippen LogP contribution >= 0.6 is 0 Å². The van der Waals surface area contributed by atoms with Gasteiger partial charge in [0.1, 0.15) is 5.82 Å². The van der Waals surface area contributed by atoms with Crippen LogP contribution in [0.4, 0.5) is 4.39 Å². The number of amides is 4. The number of nitrogens with one attached hydrogen (secondary N) is 2. The van der Waals surface area contributed by atoms with Gasteiger partial charge in [-0.25, -0.2) is 4.39 Å². The minimum absolute atomic E-state index is 0.0701. The van der Waals surface area contributed by atoms with Crippen molar-refractivity contribution in [2.75, 3.05) is 0 Å². The number of fused-ring (bicyclic) bond motifs is 1. The van der Waals surface area contributed by atoms with E-state index in [1.807, 2.05) is 30.3 Å². The summed E-state index contributed by atoms with van der Waals surface area (Å²) in [5, 5.41) is 15.1. The summed E-state index contributed by atoms with van der Waals surface area (Å²) in [5.41, 5.74) is -0.663. The zero-order valence-electron chi connectivity index (χ0n) is 18.0. The number of nitrogens with zero attached hydrogens (tertiary/aromatic N) is 1. The summed E-state index contributed by atoms with van der Waals surface area (Å²) >= 11 is 0. The van der Waals surface area contributed by atoms with Gasteiger partial charge in [-0.1, -0.05) is 54.6 Å². The molecule has 34 heavy (non-hydrogen) atoms. The van der Waals surface area contributed by atoms with Crippen molar-refractivity contribution in [2.24, 2.45) is 0 Å². The van der Waals surface area contributed by atoms with E-state index in [-0.39, 0.29) is 22.7 Å². The van der Waals surface area contributed by atoms with E-state index in [9.17, 15) is 28.8 Å². The highest BCUT2D eigenvalue weighted by Crippen LogP contribution is 2.35. The van der Waals surface area contributed by atoms with Gasteiger partial charge in [0.05, 0.1) is 0 Å². The van der Waals surface area contributed by atoms with Crippen LogP contribution in [-0.4, -0.2) is 33.9 Å². The molecule has 0 bridgehead atoms. The second-order valence-electron chi connectivity index (χ2n) is 7.79. The van der Waals surface area contributed by atoms with Crippen LogP contribution in [0.25, 0.3) is 11.1 Å². The number of benzene rings is 3. The van der Waals surface area contributed by atoms with Gasteiger partial charge >= 0.3 is 0 Å². The van der Waals surface area contributed by atoms with Crippen LogP contribution in [0, 0.1) is 5.82 Å². The maximum atomic E-state index is 13.4. The molecule has 0 spiro atoms. The molecule has 172 valence electrons. The fourth-order valence-electron chi connectivity index (χ4n) is 3.92. The molecule has 0 saturated heterocycles. The molecule has 3 aromatic carbocycles. The molecule has 4 rings (SSSR count). The Morgan fingerprint density at radius 1 is 0.971 bits per heavy atom. The van der Waals surface area contributed by atoms with Gasteiger partial charge in [0.15, 0.2) is 0 Å². The van der Waals surface area contributed by atoms with Gasteiger partial charge in [0, 0.05) is 24.6 Å². The monoisotopic (exact) mass is 461 g/mol. The number of imide groups is 1. The van der Waals surface area contributed by atoms with E-state index in [0.29, 0.717) is 11.1 Å². The predicted molar refractivity (Wildman–Crippen MR) is 119 cm³/mol. The predicted octanol–water partition coefficient (Wildman–Crippen LogP) is 2.51. The van der Waals surface area contributed by atoms with Crippen molar-refractivity contribution >= 4 is 23.6 Å². The van der Waals surface area contributed by atoms with Crippen LogP contribution in [-0.2, 0) is 26.5 Å². The van der Waals surface area contributed by atoms with Crippen molar-refractivity contribution in [1.29, 1.82) is 0 Å². The van der Waals surface area contributed by atoms with Crippen molar-refractivity contribution in [3.8, 4) is 11.1 Å². The summed E-state index contributed by atoms with van der Waals surface area (Å²) in [4.78, 5) is 51.4. The standard InChI is InChI=1S/C25H20FN3O5/c1-15(30)28-25(23(32)27-14-16-7-10-19(26)11-8-16)21-12-9-18(17-5-3-2-4-6-17)13-20(21)22(31)29(34)24(25)33/h2-13,34H,14H2,1H3,(H,27,32)(H,28,30). The lowest BCUT2D eigenvalue weighted by Gasteiger charge is -2.38. The highest BCUT2D eigenvalue weighted by molar-refractivity contribution is 6.22. The van der Waals surface area contributed by atoms with Crippen LogP contribution in [0.3, 0.4) is 0 Å². The number of rotatable bonds is 5. The first kappa shape index (κ1) is 22.8. The van der Waals surface area contributed by atoms with E-state index in [0.717, 1.165) is 12.5 Å². The molecule has 8 nitrogen and oxygen atoms in total. The molecule has 9 heteroatoms. The number of hydroxylamine groups is 2. The molecule has 1 heterocycles. The first-order chi connectivity index (χ1) is 16.2. The summed E-state index contributed by atoms with van der Waals surface area (Å²) in [6.07, 6.45) is 0. The van der Waals surface area contributed by atoms with Crippen LogP contribution in [0.5, 0.6) is 0 Å². The van der Waals surface area contributed by atoms with Gasteiger partial charge in [-0.05, 0) is 34.9 Å². The molecule has 1 unspecified atom stereocenters. The quantitative estimate of drug-likeness (QED) is 0.307. The molecule has 0 fully saturated rings. The molecular weight excluding hydrogens is 441 g/mol. The Labute approximate surface area is 194 Å². The van der Waals surface area contributed by atoms with Crippen molar-refractivity contribution in [3.05, 3.63) is 95.3 Å². The largest absolute Gasteiger partial charge is 0.349 e. The molecule has 1 aliphatic heterocycles. The lowest BCUT2D eigenvalue weighted by atomic mass is 9.79. The van der Waals surface area contributed by atoms with E-state index < -0.39 is 35.0 Å². The Hall–Kier alpha value is -4.37. The number of carbonyl (C=O) groups is 4. The lowest BCUT2D eigenvalue weighted by Crippen LogP contribution is -2.67. The SMILES string of the molecule is CC(=O)NC1(C(=O)NCc2ccc(F)cc2)C(=O)N(O)C(=O)c2cc(-c3ccccc3)ccc21. The van der Waals surface area contributed by atoms with E-state index in [4.69, 9.17) is 0 Å². The third-order valence-electron chi connectivity index (χ3n) is 5.54. The molecule has 0 aromatic heterocycles. The molecular formula is C25H20FN3O5. The highest BCUT2D eigenvalue weighted by atomic mass is 19.1. The number of hydrogen-bond donors (Lipinski definition) is 3. The minimum atomic E-state index is -2.39. The van der Waals surface area contributed by atoms with E-state index >= 15 is 0 Å². The Balaban J connectivity index is 1.80. The zero-order valence-corrected chi connectivity index (χ0v) is 18.0. The summed E-state index contributed by atoms with van der Waals surface area (Å²) in [6, 6.07) is 18.9. The third kappa shape index (κ3) is 3.93. The van der Waals surface area contributed by atoms with Crippen molar-refractivity contribution in [2.45, 2.75) is 19.0 Å². The molecule has 3 N–H and O–H groups in total. The first-order valence-electron chi connectivity index (χ1n) is 10.3. The van der Waals surface area contributed by atoms with Crippen LogP contribution in [0.2, 0.25) is 0 Å². The third-order valence-corrected chi connectivity index (χ3v) is 5.54. The highest BCUT2D eigenvalue weighted by Gasteiger charge is 2.57. The second-order valence-corrected chi connectivity index (χ2v) is 7.79. The molecule has 4 amide bonds. The number of hydrogen-bond acceptors (Lipinski definition) is 5. The smallest absolute Gasteiger partial charge is 0.293 e. The number of halogens is 1. The molecule has 3 aromatic rings. The van der Waals surface area contributed by atoms with Gasteiger partial charge in [0.2, 0.25) is 11.4 Å². The van der Waals surface area contributed by atoms with Gasteiger partial charge < -0.3 is 10.6 Å². The van der Waals surface area contributed by atoms with Crippen molar-refractivity contribution in [1.82, 2.24) is 15.7 Å². The average Bonchev–Trinajstić information content (AvgIpc) is 2.84. The minimum Gasteiger partial charge on any atom is -0.349 e. The zero-order chi connectivity index (χ0) is 24.5. The Kier molecular flexibility index (Phi) is 5.95. The maximum Gasteiger partial charge on any atom is 0.293 e. The maximum absolute atomic E-state index is 13.4. The molecule has 1 atom stereocenters. The Bertz CT molecular complexity index is 1290. The summed E-state index contributed by atoms with van der Waals surface area (Å²) in [5.74, 6) is -4.48. The first-order valence-corrected chi connectivity index (χ1v) is 10.3. The Morgan fingerprint density at radius 2 is 1.65 bits per heavy atom. The fraction of sp³-hybridized carbons (Fsp3) is 0.120. The van der Waals surface area contributed by atoms with E-state index in [2.05, 4.69) is 10.6 Å². The normalized spacial score (nSPS) is 17.2. The van der Waals surface area contributed by atoms with Gasteiger partial charge in [-0.3, -0.25) is 24.4 Å².